The Morgan fingerprint density at radius 2 is 1.86 bits per heavy atom. The molecule has 2 bridgehead atoms. The molecule has 1 N–H and O–H groups in total. The van der Waals surface area contributed by atoms with E-state index in [2.05, 4.69) is 10.3 Å². The van der Waals surface area contributed by atoms with Crippen LogP contribution in [0.5, 0.6) is 5.75 Å². The zero-order valence-electron chi connectivity index (χ0n) is 19.6. The van der Waals surface area contributed by atoms with Crippen LogP contribution in [0.4, 0.5) is 17.6 Å². The Morgan fingerprint density at radius 3 is 2.59 bits per heavy atom. The number of carbonyl (C=O) groups is 1. The van der Waals surface area contributed by atoms with Gasteiger partial charge in [-0.05, 0) is 55.6 Å². The highest BCUT2D eigenvalue weighted by Gasteiger charge is 2.42. The molecule has 4 aromatic rings. The molecule has 11 heteroatoms. The standard InChI is InChI=1S/C26H20F4N3O3P/c1-37(2,35)20-9-7-13(22(27)23(20)28)12-6-8-15-17(10-12)33-18-11-16(24(33)31-15)32-25(34)14-4-3-5-19(21(14)18)36-26(29)30/h3-10,16,18,26H,11H2,1-2H3,(H,32,34)/t16-,18-/m1/s1. The SMILES string of the molecule is CP(C)(=O)c1ccc(-c2ccc3nc4n(c3c2)[C@@H]2C[C@H]4NC(=O)c3cccc(OC(F)F)c32)c(F)c1F. The van der Waals surface area contributed by atoms with Crippen LogP contribution in [0.2, 0.25) is 0 Å². The Kier molecular flexibility index (Phi) is 5.25. The van der Waals surface area contributed by atoms with E-state index in [1.54, 1.807) is 24.3 Å². The number of imidazole rings is 1. The number of carbonyl (C=O) groups excluding carboxylic acids is 1. The van der Waals surface area contributed by atoms with E-state index in [-0.39, 0.29) is 22.2 Å². The van der Waals surface area contributed by atoms with Gasteiger partial charge >= 0.3 is 6.61 Å². The maximum Gasteiger partial charge on any atom is 0.387 e. The van der Waals surface area contributed by atoms with Gasteiger partial charge in [0.2, 0.25) is 0 Å². The fraction of sp³-hybridized carbons (Fsp3) is 0.231. The number of ether oxygens (including phenoxy) is 1. The van der Waals surface area contributed by atoms with Crippen molar-refractivity contribution >= 4 is 29.4 Å². The molecule has 0 unspecified atom stereocenters. The average molecular weight is 529 g/mol. The third-order valence-electron chi connectivity index (χ3n) is 6.92. The van der Waals surface area contributed by atoms with Crippen molar-refractivity contribution in [1.29, 1.82) is 0 Å². The van der Waals surface area contributed by atoms with Gasteiger partial charge in [-0.1, -0.05) is 18.2 Å². The summed E-state index contributed by atoms with van der Waals surface area (Å²) in [4.78, 5) is 17.5. The van der Waals surface area contributed by atoms with Crippen LogP contribution in [0.15, 0.2) is 48.5 Å². The lowest BCUT2D eigenvalue weighted by Gasteiger charge is -2.21. The van der Waals surface area contributed by atoms with Crippen LogP contribution in [-0.4, -0.2) is 35.4 Å². The van der Waals surface area contributed by atoms with Crippen LogP contribution in [0.1, 0.15) is 40.3 Å². The van der Waals surface area contributed by atoms with Crippen LogP contribution in [-0.2, 0) is 4.57 Å². The number of halogens is 4. The van der Waals surface area contributed by atoms with Crippen molar-refractivity contribution in [3.8, 4) is 16.9 Å². The number of hydrogen-bond acceptors (Lipinski definition) is 4. The fourth-order valence-corrected chi connectivity index (χ4v) is 6.36. The predicted octanol–water partition coefficient (Wildman–Crippen LogP) is 5.61. The topological polar surface area (TPSA) is 73.2 Å². The smallest absolute Gasteiger partial charge is 0.387 e. The average Bonchev–Trinajstić information content (AvgIpc) is 3.31. The molecule has 6 nitrogen and oxygen atoms in total. The Bertz CT molecular complexity index is 1660. The Hall–Kier alpha value is -3.65. The van der Waals surface area contributed by atoms with Gasteiger partial charge in [0, 0.05) is 16.7 Å². The molecule has 0 spiro atoms. The largest absolute Gasteiger partial charge is 0.434 e. The van der Waals surface area contributed by atoms with Gasteiger partial charge in [0.15, 0.2) is 11.6 Å². The summed E-state index contributed by atoms with van der Waals surface area (Å²) in [6, 6.07) is 11.0. The number of nitrogens with one attached hydrogen (secondary N) is 1. The van der Waals surface area contributed by atoms with Crippen molar-refractivity contribution in [3.05, 3.63) is 77.1 Å². The molecule has 2 aliphatic rings. The summed E-state index contributed by atoms with van der Waals surface area (Å²) in [5.41, 5.74) is 2.00. The molecule has 37 heavy (non-hydrogen) atoms. The molecule has 0 fully saturated rings. The predicted molar refractivity (Wildman–Crippen MR) is 130 cm³/mol. The number of amides is 1. The molecule has 190 valence electrons. The molecule has 6 rings (SSSR count). The summed E-state index contributed by atoms with van der Waals surface area (Å²) < 4.78 is 75.3. The second-order valence-electron chi connectivity index (χ2n) is 9.53. The molecular weight excluding hydrogens is 509 g/mol. The minimum Gasteiger partial charge on any atom is -0.434 e. The third kappa shape index (κ3) is 3.65. The van der Waals surface area contributed by atoms with Crippen LogP contribution in [0, 0.1) is 11.6 Å². The molecule has 0 radical (unpaired) electrons. The summed E-state index contributed by atoms with van der Waals surface area (Å²) >= 11 is 0. The van der Waals surface area contributed by atoms with E-state index >= 15 is 4.39 Å². The summed E-state index contributed by atoms with van der Waals surface area (Å²) in [6.45, 7) is -0.340. The quantitative estimate of drug-likeness (QED) is 0.276. The van der Waals surface area contributed by atoms with Gasteiger partial charge < -0.3 is 19.2 Å². The summed E-state index contributed by atoms with van der Waals surface area (Å²) in [6.07, 6.45) is 0.366. The number of nitrogens with zero attached hydrogens (tertiary/aromatic N) is 2. The first-order valence-electron chi connectivity index (χ1n) is 11.5. The van der Waals surface area contributed by atoms with E-state index in [9.17, 15) is 22.5 Å². The molecule has 3 heterocycles. The third-order valence-corrected chi connectivity index (χ3v) is 8.42. The second kappa shape index (κ2) is 8.18. The number of benzene rings is 3. The van der Waals surface area contributed by atoms with Gasteiger partial charge in [-0.3, -0.25) is 4.79 Å². The van der Waals surface area contributed by atoms with Crippen LogP contribution in [0.25, 0.3) is 22.2 Å². The van der Waals surface area contributed by atoms with Crippen LogP contribution < -0.4 is 15.4 Å². The van der Waals surface area contributed by atoms with Crippen molar-refractivity contribution in [1.82, 2.24) is 14.9 Å². The van der Waals surface area contributed by atoms with Crippen molar-refractivity contribution in [2.24, 2.45) is 0 Å². The van der Waals surface area contributed by atoms with Gasteiger partial charge in [-0.15, -0.1) is 0 Å². The first-order valence-corrected chi connectivity index (χ1v) is 14.1. The molecule has 0 aliphatic carbocycles. The van der Waals surface area contributed by atoms with E-state index in [4.69, 9.17) is 4.74 Å². The normalized spacial score (nSPS) is 18.5. The van der Waals surface area contributed by atoms with E-state index in [1.165, 1.54) is 37.6 Å². The maximum absolute atomic E-state index is 15.1. The molecule has 2 atom stereocenters. The number of alkyl halides is 2. The summed E-state index contributed by atoms with van der Waals surface area (Å²) in [5.74, 6) is -2.25. The fourth-order valence-electron chi connectivity index (χ4n) is 5.36. The van der Waals surface area contributed by atoms with E-state index in [0.717, 1.165) is 0 Å². The summed E-state index contributed by atoms with van der Waals surface area (Å²) in [7, 11) is -3.03. The van der Waals surface area contributed by atoms with Crippen LogP contribution >= 0.6 is 7.14 Å². The highest BCUT2D eigenvalue weighted by molar-refractivity contribution is 7.70. The minimum atomic E-state index is -3.08. The molecule has 1 aromatic heterocycles. The number of rotatable bonds is 4. The zero-order valence-corrected chi connectivity index (χ0v) is 20.5. The second-order valence-corrected chi connectivity index (χ2v) is 12.7. The van der Waals surface area contributed by atoms with Crippen molar-refractivity contribution in [2.75, 3.05) is 13.3 Å². The highest BCUT2D eigenvalue weighted by Crippen LogP contribution is 2.48. The Balaban J connectivity index is 1.54. The number of fused-ring (bicyclic) bond motifs is 9. The molecule has 1 amide bonds. The van der Waals surface area contributed by atoms with Crippen molar-refractivity contribution in [3.63, 3.8) is 0 Å². The molecule has 3 aromatic carbocycles. The lowest BCUT2D eigenvalue weighted by Crippen LogP contribution is -2.28. The van der Waals surface area contributed by atoms with Crippen LogP contribution in [0.3, 0.4) is 0 Å². The maximum atomic E-state index is 15.1. The zero-order chi connectivity index (χ0) is 26.2. The van der Waals surface area contributed by atoms with Gasteiger partial charge in [-0.2, -0.15) is 8.78 Å². The van der Waals surface area contributed by atoms with Crippen molar-refractivity contribution in [2.45, 2.75) is 25.1 Å². The lowest BCUT2D eigenvalue weighted by molar-refractivity contribution is -0.0507. The lowest BCUT2D eigenvalue weighted by atomic mass is 9.97. The van der Waals surface area contributed by atoms with Gasteiger partial charge in [0.1, 0.15) is 18.7 Å². The van der Waals surface area contributed by atoms with Gasteiger partial charge in [0.25, 0.3) is 5.91 Å². The summed E-state index contributed by atoms with van der Waals surface area (Å²) in [5, 5.41) is 2.74. The van der Waals surface area contributed by atoms with Gasteiger partial charge in [0.05, 0.1) is 28.4 Å². The van der Waals surface area contributed by atoms with E-state index in [0.29, 0.717) is 34.4 Å². The Labute approximate surface area is 208 Å². The monoisotopic (exact) mass is 529 g/mol. The number of aromatic nitrogens is 2. The van der Waals surface area contributed by atoms with E-state index < -0.39 is 43.4 Å². The van der Waals surface area contributed by atoms with Crippen molar-refractivity contribution < 1.29 is 31.7 Å². The molecular formula is C26H20F4N3O3P. The molecule has 2 aliphatic heterocycles. The first-order chi connectivity index (χ1) is 17.5. The highest BCUT2D eigenvalue weighted by atomic mass is 31.2. The Morgan fingerprint density at radius 1 is 1.08 bits per heavy atom. The molecule has 0 saturated heterocycles. The first kappa shape index (κ1) is 23.7. The van der Waals surface area contributed by atoms with Gasteiger partial charge in [-0.25, -0.2) is 13.8 Å². The number of hydrogen-bond donors (Lipinski definition) is 1. The molecule has 0 saturated carbocycles. The minimum absolute atomic E-state index is 0.0132. The van der Waals surface area contributed by atoms with E-state index in [1.807, 2.05) is 4.57 Å².